The Balaban J connectivity index is 1.56. The van der Waals surface area contributed by atoms with Crippen molar-refractivity contribution in [1.82, 2.24) is 18.4 Å². The molecule has 2 fully saturated rings. The Kier molecular flexibility index (Phi) is 7.01. The van der Waals surface area contributed by atoms with Crippen LogP contribution in [0.4, 0.5) is 0 Å². The first-order valence-corrected chi connectivity index (χ1v) is 11.3. The molecule has 2 heterocycles. The molecule has 1 aromatic rings. The summed E-state index contributed by atoms with van der Waals surface area (Å²) in [5.41, 5.74) is 0.666. The Labute approximate surface area is 176 Å². The molecule has 3 rings (SSSR count). The number of hydrogen-bond donors (Lipinski definition) is 0. The maximum atomic E-state index is 12.8. The predicted octanol–water partition coefficient (Wildman–Crippen LogP) is 1.64. The van der Waals surface area contributed by atoms with Gasteiger partial charge < -0.3 is 9.80 Å². The molecule has 2 aliphatic rings. The van der Waals surface area contributed by atoms with Crippen LogP contribution >= 0.6 is 23.2 Å². The smallest absolute Gasteiger partial charge is 0.282 e. The molecule has 28 heavy (non-hydrogen) atoms. The van der Waals surface area contributed by atoms with Gasteiger partial charge in [0.15, 0.2) is 0 Å². The number of halogens is 2. The Morgan fingerprint density at radius 3 is 2.14 bits per heavy atom. The molecule has 0 bridgehead atoms. The van der Waals surface area contributed by atoms with E-state index in [1.807, 2.05) is 7.05 Å². The number of carbonyl (C=O) groups is 1. The molecule has 2 aliphatic heterocycles. The quantitative estimate of drug-likeness (QED) is 0.659. The van der Waals surface area contributed by atoms with Crippen LogP contribution in [0, 0.1) is 0 Å². The number of nitrogens with zero attached hydrogens (tertiary/aromatic N) is 4. The number of likely N-dealkylation sites (N-methyl/N-ethyl adjacent to an activating group) is 1. The zero-order valence-corrected chi connectivity index (χ0v) is 18.0. The lowest BCUT2D eigenvalue weighted by Gasteiger charge is -2.38. The van der Waals surface area contributed by atoms with E-state index in [0.29, 0.717) is 54.9 Å². The van der Waals surface area contributed by atoms with Gasteiger partial charge in [0, 0.05) is 58.4 Å². The summed E-state index contributed by atoms with van der Waals surface area (Å²) in [6.45, 7) is 3.78. The van der Waals surface area contributed by atoms with E-state index < -0.39 is 10.2 Å². The van der Waals surface area contributed by atoms with Gasteiger partial charge in [0.1, 0.15) is 0 Å². The van der Waals surface area contributed by atoms with Crippen molar-refractivity contribution in [3.05, 3.63) is 39.9 Å². The van der Waals surface area contributed by atoms with Gasteiger partial charge >= 0.3 is 0 Å². The highest BCUT2D eigenvalue weighted by Gasteiger charge is 2.34. The van der Waals surface area contributed by atoms with Gasteiger partial charge in [-0.05, 0) is 24.8 Å². The molecular weight excluding hydrogens is 423 g/mol. The highest BCUT2D eigenvalue weighted by atomic mass is 35.5. The van der Waals surface area contributed by atoms with Gasteiger partial charge in [0.05, 0.1) is 10.0 Å². The van der Waals surface area contributed by atoms with Gasteiger partial charge in [-0.2, -0.15) is 17.0 Å². The normalized spacial score (nSPS) is 20.8. The third-order valence-electron chi connectivity index (χ3n) is 5.05. The topological polar surface area (TPSA) is 64.2 Å². The van der Waals surface area contributed by atoms with Gasteiger partial charge in [0.25, 0.3) is 10.2 Å². The van der Waals surface area contributed by atoms with Crippen molar-refractivity contribution >= 4 is 45.4 Å². The summed E-state index contributed by atoms with van der Waals surface area (Å²) in [5.74, 6) is -0.173. The van der Waals surface area contributed by atoms with Crippen molar-refractivity contribution < 1.29 is 13.2 Å². The van der Waals surface area contributed by atoms with Gasteiger partial charge in [0.2, 0.25) is 5.91 Å². The summed E-state index contributed by atoms with van der Waals surface area (Å²) in [4.78, 5) is 16.2. The zero-order chi connectivity index (χ0) is 20.3. The number of piperazine rings is 2. The predicted molar refractivity (Wildman–Crippen MR) is 112 cm³/mol. The third kappa shape index (κ3) is 4.87. The van der Waals surface area contributed by atoms with E-state index in [4.69, 9.17) is 23.2 Å². The van der Waals surface area contributed by atoms with E-state index in [2.05, 4.69) is 4.90 Å². The molecule has 154 valence electrons. The van der Waals surface area contributed by atoms with Crippen LogP contribution in [0.15, 0.2) is 24.3 Å². The molecule has 1 amide bonds. The largest absolute Gasteiger partial charge is 0.337 e. The summed E-state index contributed by atoms with van der Waals surface area (Å²) < 4.78 is 28.6. The van der Waals surface area contributed by atoms with Crippen molar-refractivity contribution in [2.24, 2.45) is 0 Å². The van der Waals surface area contributed by atoms with Crippen LogP contribution in [0.2, 0.25) is 10.0 Å². The highest BCUT2D eigenvalue weighted by Crippen LogP contribution is 2.26. The summed E-state index contributed by atoms with van der Waals surface area (Å²) >= 11 is 12.1. The van der Waals surface area contributed by atoms with Gasteiger partial charge in [-0.25, -0.2) is 0 Å². The number of benzene rings is 1. The standard InChI is InChI=1S/C18H24Cl2N4O3S/c1-21-7-11-23(12-8-21)28(26,27)24-13-9-22(10-14-24)17(25)6-5-15-3-2-4-16(19)18(15)20/h2-6H,7-14H2,1H3/b6-5+. The maximum absolute atomic E-state index is 12.8. The molecule has 7 nitrogen and oxygen atoms in total. The zero-order valence-electron chi connectivity index (χ0n) is 15.7. The lowest BCUT2D eigenvalue weighted by Crippen LogP contribution is -2.57. The van der Waals surface area contributed by atoms with Crippen LogP contribution in [0.25, 0.3) is 6.08 Å². The van der Waals surface area contributed by atoms with Crippen molar-refractivity contribution in [1.29, 1.82) is 0 Å². The van der Waals surface area contributed by atoms with Crippen molar-refractivity contribution in [2.45, 2.75) is 0 Å². The van der Waals surface area contributed by atoms with Gasteiger partial charge in [-0.3, -0.25) is 4.79 Å². The van der Waals surface area contributed by atoms with Crippen molar-refractivity contribution in [2.75, 3.05) is 59.4 Å². The van der Waals surface area contributed by atoms with Crippen LogP contribution in [-0.2, 0) is 15.0 Å². The Bertz CT molecular complexity index is 846. The van der Waals surface area contributed by atoms with Crippen LogP contribution < -0.4 is 0 Å². The molecule has 0 saturated carbocycles. The molecule has 0 unspecified atom stereocenters. The summed E-state index contributed by atoms with van der Waals surface area (Å²) in [6.07, 6.45) is 3.08. The molecule has 0 aliphatic carbocycles. The van der Waals surface area contributed by atoms with Crippen LogP contribution in [0.1, 0.15) is 5.56 Å². The van der Waals surface area contributed by atoms with Crippen LogP contribution in [0.3, 0.4) is 0 Å². The SMILES string of the molecule is CN1CCN(S(=O)(=O)N2CCN(C(=O)/C=C/c3cccc(Cl)c3Cl)CC2)CC1. The fourth-order valence-corrected chi connectivity index (χ4v) is 5.18. The minimum absolute atomic E-state index is 0.173. The first-order chi connectivity index (χ1) is 13.3. The van der Waals surface area contributed by atoms with E-state index in [9.17, 15) is 13.2 Å². The average Bonchev–Trinajstić information content (AvgIpc) is 2.69. The van der Waals surface area contributed by atoms with E-state index in [0.717, 1.165) is 13.1 Å². The fraction of sp³-hybridized carbons (Fsp3) is 0.500. The van der Waals surface area contributed by atoms with E-state index in [1.54, 1.807) is 29.2 Å². The lowest BCUT2D eigenvalue weighted by atomic mass is 10.2. The first kappa shape index (κ1) is 21.5. The molecular formula is C18H24Cl2N4O3S. The second-order valence-electron chi connectivity index (χ2n) is 6.91. The monoisotopic (exact) mass is 446 g/mol. The Morgan fingerprint density at radius 2 is 1.54 bits per heavy atom. The average molecular weight is 447 g/mol. The van der Waals surface area contributed by atoms with Gasteiger partial charge in [-0.1, -0.05) is 35.3 Å². The minimum Gasteiger partial charge on any atom is -0.337 e. The number of rotatable bonds is 4. The summed E-state index contributed by atoms with van der Waals surface area (Å²) in [6, 6.07) is 5.22. The number of amides is 1. The first-order valence-electron chi connectivity index (χ1n) is 9.14. The summed E-state index contributed by atoms with van der Waals surface area (Å²) in [7, 11) is -1.49. The maximum Gasteiger partial charge on any atom is 0.282 e. The minimum atomic E-state index is -3.47. The second-order valence-corrected chi connectivity index (χ2v) is 9.62. The van der Waals surface area contributed by atoms with Crippen LogP contribution in [-0.4, -0.2) is 92.1 Å². The molecule has 0 spiro atoms. The number of carbonyl (C=O) groups excluding carboxylic acids is 1. The Hall–Kier alpha value is -1.16. The molecule has 1 aromatic carbocycles. The third-order valence-corrected chi connectivity index (χ3v) is 7.92. The lowest BCUT2D eigenvalue weighted by molar-refractivity contribution is -0.127. The van der Waals surface area contributed by atoms with E-state index >= 15 is 0 Å². The summed E-state index contributed by atoms with van der Waals surface area (Å²) in [5, 5.41) is 0.829. The van der Waals surface area contributed by atoms with E-state index in [-0.39, 0.29) is 5.91 Å². The molecule has 2 saturated heterocycles. The van der Waals surface area contributed by atoms with Crippen LogP contribution in [0.5, 0.6) is 0 Å². The highest BCUT2D eigenvalue weighted by molar-refractivity contribution is 7.86. The van der Waals surface area contributed by atoms with Crippen molar-refractivity contribution in [3.8, 4) is 0 Å². The van der Waals surface area contributed by atoms with Gasteiger partial charge in [-0.15, -0.1) is 0 Å². The molecule has 0 aromatic heterocycles. The van der Waals surface area contributed by atoms with Crippen molar-refractivity contribution in [3.63, 3.8) is 0 Å². The van der Waals surface area contributed by atoms with E-state index in [1.165, 1.54) is 14.7 Å². The fourth-order valence-electron chi connectivity index (χ4n) is 3.24. The second kappa shape index (κ2) is 9.11. The number of hydrogen-bond acceptors (Lipinski definition) is 4. The molecule has 0 radical (unpaired) electrons. The Morgan fingerprint density at radius 1 is 0.964 bits per heavy atom. The molecule has 10 heteroatoms. The molecule has 0 atom stereocenters. The molecule has 0 N–H and O–H groups in total.